The Morgan fingerprint density at radius 3 is 2.50 bits per heavy atom. The van der Waals surface area contributed by atoms with Crippen molar-refractivity contribution in [3.8, 4) is 0 Å². The van der Waals surface area contributed by atoms with Gasteiger partial charge in [0.15, 0.2) is 0 Å². The van der Waals surface area contributed by atoms with Crippen LogP contribution in [0, 0.1) is 5.41 Å². The molecular formula is C20H30ClN3O2. The Balaban J connectivity index is 0.00000243. The largest absolute Gasteiger partial charge is 0.341 e. The average Bonchev–Trinajstić information content (AvgIpc) is 2.67. The van der Waals surface area contributed by atoms with Gasteiger partial charge in [0.05, 0.1) is 5.41 Å². The van der Waals surface area contributed by atoms with Gasteiger partial charge in [0.2, 0.25) is 5.91 Å². The molecule has 2 aliphatic rings. The molecule has 6 heteroatoms. The van der Waals surface area contributed by atoms with Crippen molar-refractivity contribution in [3.05, 3.63) is 35.9 Å². The van der Waals surface area contributed by atoms with Crippen LogP contribution in [0.1, 0.15) is 43.0 Å². The van der Waals surface area contributed by atoms with Crippen molar-refractivity contribution < 1.29 is 9.59 Å². The maximum atomic E-state index is 13.2. The lowest BCUT2D eigenvalue weighted by atomic mass is 9.79. The third-order valence-corrected chi connectivity index (χ3v) is 5.64. The number of likely N-dealkylation sites (N-methyl/N-ethyl adjacent to an activating group) is 1. The van der Waals surface area contributed by atoms with Crippen molar-refractivity contribution in [2.75, 3.05) is 33.2 Å². The molecule has 0 radical (unpaired) electrons. The summed E-state index contributed by atoms with van der Waals surface area (Å²) in [7, 11) is 1.96. The van der Waals surface area contributed by atoms with Crippen LogP contribution in [0.2, 0.25) is 0 Å². The molecule has 0 bridgehead atoms. The fourth-order valence-electron chi connectivity index (χ4n) is 4.13. The first-order valence-electron chi connectivity index (χ1n) is 9.34. The standard InChI is InChI=1S/C20H29N3O2.ClH/c1-20(19(25)22-12-6-10-17(14-22)21-2)11-7-13-23(15-20)18(24)16-8-4-3-5-9-16;/h3-5,8-9,17,21H,6-7,10-15H2,1-2H3;1H. The number of benzene rings is 1. The van der Waals surface area contributed by atoms with Crippen LogP contribution >= 0.6 is 12.4 Å². The molecular weight excluding hydrogens is 350 g/mol. The Morgan fingerprint density at radius 2 is 1.81 bits per heavy atom. The van der Waals surface area contributed by atoms with Crippen LogP contribution in [0.4, 0.5) is 0 Å². The summed E-state index contributed by atoms with van der Waals surface area (Å²) in [6.07, 6.45) is 3.89. The smallest absolute Gasteiger partial charge is 0.253 e. The van der Waals surface area contributed by atoms with E-state index in [4.69, 9.17) is 0 Å². The summed E-state index contributed by atoms with van der Waals surface area (Å²) in [4.78, 5) is 29.8. The minimum atomic E-state index is -0.474. The summed E-state index contributed by atoms with van der Waals surface area (Å²) < 4.78 is 0. The number of carbonyl (C=O) groups excluding carboxylic acids is 2. The number of hydrogen-bond donors (Lipinski definition) is 1. The van der Waals surface area contributed by atoms with E-state index in [0.29, 0.717) is 18.2 Å². The number of piperidine rings is 2. The van der Waals surface area contributed by atoms with Crippen molar-refractivity contribution >= 4 is 24.2 Å². The lowest BCUT2D eigenvalue weighted by Gasteiger charge is -2.44. The van der Waals surface area contributed by atoms with E-state index in [1.54, 1.807) is 0 Å². The van der Waals surface area contributed by atoms with E-state index in [0.717, 1.165) is 45.3 Å². The second kappa shape index (κ2) is 8.87. The predicted molar refractivity (Wildman–Crippen MR) is 106 cm³/mol. The van der Waals surface area contributed by atoms with Crippen molar-refractivity contribution in [3.63, 3.8) is 0 Å². The average molecular weight is 380 g/mol. The van der Waals surface area contributed by atoms with Gasteiger partial charge in [-0.3, -0.25) is 9.59 Å². The van der Waals surface area contributed by atoms with Gasteiger partial charge in [-0.1, -0.05) is 18.2 Å². The highest BCUT2D eigenvalue weighted by molar-refractivity contribution is 5.95. The molecule has 1 aromatic carbocycles. The Hall–Kier alpha value is -1.59. The van der Waals surface area contributed by atoms with Crippen molar-refractivity contribution in [2.24, 2.45) is 5.41 Å². The second-order valence-electron chi connectivity index (χ2n) is 7.64. The van der Waals surface area contributed by atoms with Gasteiger partial charge in [-0.25, -0.2) is 0 Å². The number of likely N-dealkylation sites (tertiary alicyclic amines) is 2. The van der Waals surface area contributed by atoms with E-state index in [1.807, 2.05) is 54.1 Å². The van der Waals surface area contributed by atoms with Crippen LogP contribution in [0.25, 0.3) is 0 Å². The van der Waals surface area contributed by atoms with Crippen LogP contribution in [-0.2, 0) is 4.79 Å². The SMILES string of the molecule is CNC1CCCN(C(=O)C2(C)CCCN(C(=O)c3ccccc3)C2)C1.Cl. The highest BCUT2D eigenvalue weighted by Crippen LogP contribution is 2.33. The molecule has 26 heavy (non-hydrogen) atoms. The van der Waals surface area contributed by atoms with Gasteiger partial charge in [0.1, 0.15) is 0 Å². The third kappa shape index (κ3) is 4.38. The summed E-state index contributed by atoms with van der Waals surface area (Å²) in [5.41, 5.74) is 0.227. The van der Waals surface area contributed by atoms with Crippen molar-refractivity contribution in [1.29, 1.82) is 0 Å². The van der Waals surface area contributed by atoms with Gasteiger partial charge in [0.25, 0.3) is 5.91 Å². The van der Waals surface area contributed by atoms with Crippen LogP contribution in [0.5, 0.6) is 0 Å². The molecule has 2 unspecified atom stereocenters. The fourth-order valence-corrected chi connectivity index (χ4v) is 4.13. The van der Waals surface area contributed by atoms with Gasteiger partial charge >= 0.3 is 0 Å². The molecule has 2 atom stereocenters. The van der Waals surface area contributed by atoms with Gasteiger partial charge < -0.3 is 15.1 Å². The molecule has 144 valence electrons. The van der Waals surface area contributed by atoms with E-state index in [-0.39, 0.29) is 24.2 Å². The van der Waals surface area contributed by atoms with E-state index in [2.05, 4.69) is 5.32 Å². The zero-order valence-corrected chi connectivity index (χ0v) is 16.6. The molecule has 0 saturated carbocycles. The molecule has 2 amide bonds. The number of halogens is 1. The number of rotatable bonds is 3. The first kappa shape index (κ1) is 20.7. The Bertz CT molecular complexity index is 625. The Morgan fingerprint density at radius 1 is 1.12 bits per heavy atom. The van der Waals surface area contributed by atoms with Gasteiger partial charge in [-0.05, 0) is 51.8 Å². The van der Waals surface area contributed by atoms with E-state index < -0.39 is 5.41 Å². The maximum Gasteiger partial charge on any atom is 0.253 e. The molecule has 5 nitrogen and oxygen atoms in total. The number of carbonyl (C=O) groups is 2. The van der Waals surface area contributed by atoms with E-state index in [1.165, 1.54) is 0 Å². The van der Waals surface area contributed by atoms with Crippen LogP contribution in [0.15, 0.2) is 30.3 Å². The summed E-state index contributed by atoms with van der Waals surface area (Å²) >= 11 is 0. The summed E-state index contributed by atoms with van der Waals surface area (Å²) in [5.74, 6) is 0.240. The molecule has 3 rings (SSSR count). The molecule has 2 fully saturated rings. The molecule has 2 saturated heterocycles. The van der Waals surface area contributed by atoms with Crippen LogP contribution < -0.4 is 5.32 Å². The number of amides is 2. The lowest BCUT2D eigenvalue weighted by Crippen LogP contribution is -2.56. The van der Waals surface area contributed by atoms with Gasteiger partial charge in [0, 0.05) is 37.8 Å². The number of hydrogen-bond acceptors (Lipinski definition) is 3. The Labute approximate surface area is 162 Å². The zero-order valence-electron chi connectivity index (χ0n) is 15.7. The van der Waals surface area contributed by atoms with Crippen molar-refractivity contribution in [2.45, 2.75) is 38.6 Å². The molecule has 0 aromatic heterocycles. The summed E-state index contributed by atoms with van der Waals surface area (Å²) in [5, 5.41) is 3.29. The van der Waals surface area contributed by atoms with Gasteiger partial charge in [-0.15, -0.1) is 12.4 Å². The Kier molecular flexibility index (Phi) is 7.07. The highest BCUT2D eigenvalue weighted by atomic mass is 35.5. The van der Waals surface area contributed by atoms with Crippen LogP contribution in [0.3, 0.4) is 0 Å². The zero-order chi connectivity index (χ0) is 17.9. The second-order valence-corrected chi connectivity index (χ2v) is 7.64. The van der Waals surface area contributed by atoms with E-state index >= 15 is 0 Å². The third-order valence-electron chi connectivity index (χ3n) is 5.64. The predicted octanol–water partition coefficient (Wildman–Crippen LogP) is 2.56. The quantitative estimate of drug-likeness (QED) is 0.878. The monoisotopic (exact) mass is 379 g/mol. The van der Waals surface area contributed by atoms with Crippen molar-refractivity contribution in [1.82, 2.24) is 15.1 Å². The fraction of sp³-hybridized carbons (Fsp3) is 0.600. The molecule has 1 N–H and O–H groups in total. The minimum Gasteiger partial charge on any atom is -0.341 e. The molecule has 1 aromatic rings. The highest BCUT2D eigenvalue weighted by Gasteiger charge is 2.42. The molecule has 0 spiro atoms. The molecule has 0 aliphatic carbocycles. The van der Waals surface area contributed by atoms with Gasteiger partial charge in [-0.2, -0.15) is 0 Å². The lowest BCUT2D eigenvalue weighted by molar-refractivity contribution is -0.145. The summed E-state index contributed by atoms with van der Waals surface area (Å²) in [6.45, 7) is 4.88. The van der Waals surface area contributed by atoms with Crippen LogP contribution in [-0.4, -0.2) is 60.9 Å². The molecule has 2 heterocycles. The molecule has 2 aliphatic heterocycles. The first-order valence-corrected chi connectivity index (χ1v) is 9.34. The minimum absolute atomic E-state index is 0. The first-order chi connectivity index (χ1) is 12.0. The summed E-state index contributed by atoms with van der Waals surface area (Å²) in [6, 6.07) is 9.75. The number of nitrogens with one attached hydrogen (secondary N) is 1. The maximum absolute atomic E-state index is 13.2. The topological polar surface area (TPSA) is 52.7 Å². The normalized spacial score (nSPS) is 26.2. The van der Waals surface area contributed by atoms with E-state index in [9.17, 15) is 9.59 Å². The number of nitrogens with zero attached hydrogens (tertiary/aromatic N) is 2.